The number of halogens is 1. The Morgan fingerprint density at radius 1 is 1.00 bits per heavy atom. The van der Waals surface area contributed by atoms with Crippen molar-refractivity contribution in [3.05, 3.63) is 70.8 Å². The number of carboxylic acid groups (broad SMARTS) is 2. The number of ether oxygens (including phenoxy) is 2. The highest BCUT2D eigenvalue weighted by Gasteiger charge is 2.38. The lowest BCUT2D eigenvalue weighted by Crippen LogP contribution is -2.48. The zero-order valence-corrected chi connectivity index (χ0v) is 19.6. The van der Waals surface area contributed by atoms with Crippen molar-refractivity contribution in [1.29, 1.82) is 0 Å². The van der Waals surface area contributed by atoms with Gasteiger partial charge >= 0.3 is 12.1 Å². The molecule has 1 saturated carbocycles. The quantitative estimate of drug-likeness (QED) is 0.204. The summed E-state index contributed by atoms with van der Waals surface area (Å²) in [6.07, 6.45) is -0.0950. The first-order chi connectivity index (χ1) is 16.6. The van der Waals surface area contributed by atoms with Crippen LogP contribution in [0.3, 0.4) is 0 Å². The van der Waals surface area contributed by atoms with Crippen LogP contribution in [0.4, 0.5) is 4.79 Å². The number of aryl methyl sites for hydroxylation is 1. The van der Waals surface area contributed by atoms with E-state index in [2.05, 4.69) is 0 Å². The van der Waals surface area contributed by atoms with Gasteiger partial charge in [-0.3, -0.25) is 0 Å². The number of aliphatic hydroxyl groups is 2. The number of rotatable bonds is 8. The Morgan fingerprint density at radius 3 is 2.26 bits per heavy atom. The van der Waals surface area contributed by atoms with Gasteiger partial charge < -0.3 is 35.0 Å². The van der Waals surface area contributed by atoms with E-state index < -0.39 is 30.4 Å². The van der Waals surface area contributed by atoms with Crippen LogP contribution in [0.15, 0.2) is 54.6 Å². The number of benzene rings is 2. The van der Waals surface area contributed by atoms with Gasteiger partial charge in [-0.05, 0) is 54.3 Å². The molecule has 0 heterocycles. The van der Waals surface area contributed by atoms with Crippen LogP contribution in [0, 0.1) is 0 Å². The fraction of sp³-hybridized carbons (Fsp3) is 0.360. The van der Waals surface area contributed by atoms with Crippen LogP contribution >= 0.6 is 11.6 Å². The lowest BCUT2D eigenvalue weighted by atomic mass is 9.89. The highest BCUT2D eigenvalue weighted by molar-refractivity contribution is 6.30. The molecule has 0 unspecified atom stereocenters. The van der Waals surface area contributed by atoms with Gasteiger partial charge in [-0.15, -0.1) is 0 Å². The molecule has 0 bridgehead atoms. The van der Waals surface area contributed by atoms with E-state index in [9.17, 15) is 20.1 Å². The van der Waals surface area contributed by atoms with Crippen molar-refractivity contribution in [3.8, 4) is 5.75 Å². The molecular weight excluding hydrogens is 480 g/mol. The zero-order chi connectivity index (χ0) is 25.8. The molecule has 190 valence electrons. The summed E-state index contributed by atoms with van der Waals surface area (Å²) in [4.78, 5) is 20.7. The Morgan fingerprint density at radius 2 is 1.63 bits per heavy atom. The summed E-state index contributed by atoms with van der Waals surface area (Å²) >= 11 is 5.89. The number of aliphatic hydroxyl groups excluding tert-OH is 2. The highest BCUT2D eigenvalue weighted by atomic mass is 35.5. The van der Waals surface area contributed by atoms with E-state index in [1.165, 1.54) is 23.8 Å². The maximum absolute atomic E-state index is 12.2. The fourth-order valence-corrected chi connectivity index (χ4v) is 3.65. The summed E-state index contributed by atoms with van der Waals surface area (Å²) in [5, 5.41) is 44.3. The largest absolute Gasteiger partial charge is 0.508 e. The zero-order valence-electron chi connectivity index (χ0n) is 18.9. The van der Waals surface area contributed by atoms with E-state index in [0.717, 1.165) is 18.4 Å². The fourth-order valence-electron chi connectivity index (χ4n) is 3.52. The van der Waals surface area contributed by atoms with Crippen LogP contribution in [0.1, 0.15) is 30.4 Å². The second kappa shape index (κ2) is 14.3. The highest BCUT2D eigenvalue weighted by Crippen LogP contribution is 2.25. The normalized spacial score (nSPS) is 21.7. The third-order valence-electron chi connectivity index (χ3n) is 5.22. The number of phenolic OH excluding ortho intramolecular Hbond substituents is 1. The van der Waals surface area contributed by atoms with Crippen LogP contribution in [0.2, 0.25) is 5.02 Å². The van der Waals surface area contributed by atoms with Gasteiger partial charge in [0.15, 0.2) is 0 Å². The number of esters is 1. The minimum atomic E-state index is -1.83. The lowest BCUT2D eigenvalue weighted by molar-refractivity contribution is -0.170. The van der Waals surface area contributed by atoms with Crippen molar-refractivity contribution in [3.63, 3.8) is 0 Å². The van der Waals surface area contributed by atoms with E-state index in [1.54, 1.807) is 18.2 Å². The minimum Gasteiger partial charge on any atom is -0.508 e. The molecule has 4 atom stereocenters. The van der Waals surface area contributed by atoms with Gasteiger partial charge in [0.25, 0.3) is 0 Å². The van der Waals surface area contributed by atoms with Gasteiger partial charge in [0.2, 0.25) is 0 Å². The smallest absolute Gasteiger partial charge is 0.503 e. The van der Waals surface area contributed by atoms with Crippen LogP contribution in [0.25, 0.3) is 6.08 Å². The number of phenols is 1. The van der Waals surface area contributed by atoms with E-state index in [4.69, 9.17) is 36.1 Å². The molecule has 0 amide bonds. The summed E-state index contributed by atoms with van der Waals surface area (Å²) < 4.78 is 11.2. The average Bonchev–Trinajstić information content (AvgIpc) is 2.80. The van der Waals surface area contributed by atoms with Gasteiger partial charge in [0.05, 0.1) is 12.2 Å². The van der Waals surface area contributed by atoms with Crippen LogP contribution in [-0.4, -0.2) is 68.7 Å². The monoisotopic (exact) mass is 508 g/mol. The third kappa shape index (κ3) is 10.8. The molecule has 0 aliphatic heterocycles. The number of hydrogen-bond acceptors (Lipinski definition) is 7. The lowest BCUT2D eigenvalue weighted by Gasteiger charge is -2.36. The van der Waals surface area contributed by atoms with Crippen molar-refractivity contribution in [1.82, 2.24) is 0 Å². The molecule has 5 N–H and O–H groups in total. The second-order valence-electron chi connectivity index (χ2n) is 7.93. The predicted octanol–water partition coefficient (Wildman–Crippen LogP) is 3.73. The summed E-state index contributed by atoms with van der Waals surface area (Å²) in [6.45, 7) is 0.498. The number of aromatic hydroxyl groups is 1. The molecule has 1 fully saturated rings. The number of hydrogen-bond donors (Lipinski definition) is 5. The van der Waals surface area contributed by atoms with Gasteiger partial charge in [0, 0.05) is 30.5 Å². The summed E-state index contributed by atoms with van der Waals surface area (Å²) in [5.41, 5.74) is 1.89. The molecular formula is C25H29ClO9. The molecule has 0 radical (unpaired) electrons. The van der Waals surface area contributed by atoms with Crippen molar-refractivity contribution in [2.45, 2.75) is 50.1 Å². The summed E-state index contributed by atoms with van der Waals surface area (Å²) in [6, 6.07) is 14.0. The SMILES string of the molecule is O=C(/C=C/c1ccc(O)cc1)O[C@@H]1C[C@@H](OCCCc2ccc(Cl)cc2)C[C@H](O)[C@H]1O.O=C(O)O. The molecule has 2 aromatic rings. The van der Waals surface area contributed by atoms with Gasteiger partial charge in [0.1, 0.15) is 18.0 Å². The van der Waals surface area contributed by atoms with Gasteiger partial charge in [-0.2, -0.15) is 0 Å². The van der Waals surface area contributed by atoms with Crippen LogP contribution in [-0.2, 0) is 20.7 Å². The van der Waals surface area contributed by atoms with E-state index in [-0.39, 0.29) is 11.9 Å². The van der Waals surface area contributed by atoms with Gasteiger partial charge in [-0.1, -0.05) is 35.9 Å². The van der Waals surface area contributed by atoms with Gasteiger partial charge in [-0.25, -0.2) is 9.59 Å². The van der Waals surface area contributed by atoms with E-state index in [0.29, 0.717) is 24.5 Å². The maximum Gasteiger partial charge on any atom is 0.503 e. The number of carbonyl (C=O) groups excluding carboxylic acids is 1. The Hall–Kier alpha value is -3.11. The van der Waals surface area contributed by atoms with Crippen LogP contribution < -0.4 is 0 Å². The van der Waals surface area contributed by atoms with E-state index >= 15 is 0 Å². The van der Waals surface area contributed by atoms with E-state index in [1.807, 2.05) is 24.3 Å². The van der Waals surface area contributed by atoms with Crippen molar-refractivity contribution in [2.75, 3.05) is 6.61 Å². The molecule has 10 heteroatoms. The minimum absolute atomic E-state index is 0.137. The Bertz CT molecular complexity index is 956. The molecule has 2 aromatic carbocycles. The number of carbonyl (C=O) groups is 2. The Labute approximate surface area is 207 Å². The van der Waals surface area contributed by atoms with Crippen molar-refractivity contribution >= 4 is 29.8 Å². The first-order valence-electron chi connectivity index (χ1n) is 11.0. The first-order valence-corrected chi connectivity index (χ1v) is 11.3. The second-order valence-corrected chi connectivity index (χ2v) is 8.37. The predicted molar refractivity (Wildman–Crippen MR) is 128 cm³/mol. The summed E-state index contributed by atoms with van der Waals surface area (Å²) in [7, 11) is 0. The third-order valence-corrected chi connectivity index (χ3v) is 5.48. The molecule has 3 rings (SSSR count). The molecule has 0 aromatic heterocycles. The first kappa shape index (κ1) is 28.1. The van der Waals surface area contributed by atoms with Crippen LogP contribution in [0.5, 0.6) is 5.75 Å². The Kier molecular flexibility index (Phi) is 11.5. The average molecular weight is 509 g/mol. The molecule has 35 heavy (non-hydrogen) atoms. The molecule has 9 nitrogen and oxygen atoms in total. The van der Waals surface area contributed by atoms with Crippen molar-refractivity contribution < 1.29 is 44.6 Å². The molecule has 0 saturated heterocycles. The summed E-state index contributed by atoms with van der Waals surface area (Å²) in [5.74, 6) is -0.481. The topological polar surface area (TPSA) is 154 Å². The Balaban J connectivity index is 0.00000100. The maximum atomic E-state index is 12.2. The molecule has 0 spiro atoms. The standard InChI is InChI=1S/C24H27ClO6.CH2O3/c25-18-8-3-16(4-9-18)2-1-13-30-20-14-21(27)24(29)22(15-20)31-23(28)12-7-17-5-10-19(26)11-6-17;2-1(3)4/h3-12,20-22,24,26-27,29H,1-2,13-15H2;(H2,2,3,4)/b12-7+;/t20-,21-,22+,24+;/m0./s1. The van der Waals surface area contributed by atoms with Crippen molar-refractivity contribution in [2.24, 2.45) is 0 Å². The molecule has 1 aliphatic rings. The molecule has 1 aliphatic carbocycles.